The molecule has 3 nitrogen and oxygen atoms in total. The molecule has 1 saturated heterocycles. The van der Waals surface area contributed by atoms with Crippen LogP contribution in [-0.4, -0.2) is 23.1 Å². The zero-order chi connectivity index (χ0) is 14.9. The van der Waals surface area contributed by atoms with Crippen molar-refractivity contribution >= 4 is 23.0 Å². The van der Waals surface area contributed by atoms with Gasteiger partial charge in [0.05, 0.1) is 6.04 Å². The Morgan fingerprint density at radius 2 is 2.20 bits per heavy atom. The van der Waals surface area contributed by atoms with E-state index in [1.54, 1.807) is 11.3 Å². The van der Waals surface area contributed by atoms with Crippen LogP contribution in [0.5, 0.6) is 0 Å². The average molecular weight is 293 g/mol. The standard InChI is InChI=1S/C16H23NO2S/c1-11(2)12-8-10-20-14(12)13-7-6-9-17(13)15(18)19-16(3,4)5/h8,10,13H,1,6-7,9H2,2-5H3/t13-/m0/s1. The maximum atomic E-state index is 12.3. The Morgan fingerprint density at radius 1 is 1.50 bits per heavy atom. The van der Waals surface area contributed by atoms with Gasteiger partial charge in [0, 0.05) is 11.4 Å². The normalized spacial score (nSPS) is 19.2. The first-order chi connectivity index (χ1) is 9.29. The van der Waals surface area contributed by atoms with Crippen molar-refractivity contribution in [3.8, 4) is 0 Å². The predicted molar refractivity (Wildman–Crippen MR) is 83.9 cm³/mol. The first-order valence-electron chi connectivity index (χ1n) is 7.02. The number of rotatable bonds is 2. The van der Waals surface area contributed by atoms with Gasteiger partial charge in [-0.2, -0.15) is 0 Å². The molecule has 1 aliphatic heterocycles. The number of nitrogens with zero attached hydrogens (tertiary/aromatic N) is 1. The highest BCUT2D eigenvalue weighted by Crippen LogP contribution is 2.39. The lowest BCUT2D eigenvalue weighted by Gasteiger charge is -2.28. The van der Waals surface area contributed by atoms with Gasteiger partial charge in [-0.25, -0.2) is 4.79 Å². The molecule has 0 N–H and O–H groups in total. The molecular formula is C16H23NO2S. The molecule has 2 rings (SSSR count). The van der Waals surface area contributed by atoms with Crippen molar-refractivity contribution in [1.82, 2.24) is 4.90 Å². The Balaban J connectivity index is 2.21. The van der Waals surface area contributed by atoms with E-state index < -0.39 is 5.60 Å². The molecule has 0 unspecified atom stereocenters. The molecule has 0 bridgehead atoms. The number of carbonyl (C=O) groups excluding carboxylic acids is 1. The Morgan fingerprint density at radius 3 is 2.80 bits per heavy atom. The van der Waals surface area contributed by atoms with Crippen LogP contribution in [0.1, 0.15) is 57.0 Å². The molecule has 20 heavy (non-hydrogen) atoms. The lowest BCUT2D eigenvalue weighted by molar-refractivity contribution is 0.0227. The van der Waals surface area contributed by atoms with Gasteiger partial charge < -0.3 is 9.64 Å². The van der Waals surface area contributed by atoms with Crippen molar-refractivity contribution in [3.63, 3.8) is 0 Å². The number of ether oxygens (including phenoxy) is 1. The fourth-order valence-corrected chi connectivity index (χ4v) is 3.63. The molecule has 0 aromatic carbocycles. The molecule has 1 aromatic heterocycles. The number of hydrogen-bond acceptors (Lipinski definition) is 3. The van der Waals surface area contributed by atoms with E-state index in [9.17, 15) is 4.79 Å². The van der Waals surface area contributed by atoms with Crippen LogP contribution in [0.2, 0.25) is 0 Å². The Bertz CT molecular complexity index is 513. The van der Waals surface area contributed by atoms with Crippen molar-refractivity contribution in [1.29, 1.82) is 0 Å². The van der Waals surface area contributed by atoms with Crippen molar-refractivity contribution in [2.45, 2.75) is 52.2 Å². The molecule has 1 atom stereocenters. The Labute approximate surface area is 125 Å². The highest BCUT2D eigenvalue weighted by molar-refractivity contribution is 7.10. The SMILES string of the molecule is C=C(C)c1ccsc1[C@@H]1CCCN1C(=O)OC(C)(C)C. The summed E-state index contributed by atoms with van der Waals surface area (Å²) < 4.78 is 5.52. The van der Waals surface area contributed by atoms with Crippen LogP contribution in [0.4, 0.5) is 4.79 Å². The molecule has 0 radical (unpaired) electrons. The van der Waals surface area contributed by atoms with Gasteiger partial charge >= 0.3 is 6.09 Å². The predicted octanol–water partition coefficient (Wildman–Crippen LogP) is 4.85. The number of hydrogen-bond donors (Lipinski definition) is 0. The molecule has 0 spiro atoms. The van der Waals surface area contributed by atoms with Gasteiger partial charge in [0.15, 0.2) is 0 Å². The number of amides is 1. The van der Waals surface area contributed by atoms with E-state index in [2.05, 4.69) is 18.0 Å². The van der Waals surface area contributed by atoms with E-state index in [0.717, 1.165) is 25.0 Å². The quantitative estimate of drug-likeness (QED) is 0.780. The fourth-order valence-electron chi connectivity index (χ4n) is 2.51. The van der Waals surface area contributed by atoms with Crippen molar-refractivity contribution in [3.05, 3.63) is 28.5 Å². The van der Waals surface area contributed by atoms with Crippen LogP contribution in [0.25, 0.3) is 5.57 Å². The van der Waals surface area contributed by atoms with Gasteiger partial charge in [-0.05, 0) is 63.1 Å². The van der Waals surface area contributed by atoms with Gasteiger partial charge in [-0.15, -0.1) is 11.3 Å². The molecule has 0 aliphatic carbocycles. The molecule has 2 heterocycles. The molecule has 0 saturated carbocycles. The summed E-state index contributed by atoms with van der Waals surface area (Å²) in [5, 5.41) is 2.07. The van der Waals surface area contributed by atoms with Crippen LogP contribution < -0.4 is 0 Å². The monoisotopic (exact) mass is 293 g/mol. The minimum atomic E-state index is -0.448. The smallest absolute Gasteiger partial charge is 0.410 e. The second-order valence-corrected chi connectivity index (χ2v) is 7.26. The van der Waals surface area contributed by atoms with Crippen LogP contribution in [0, 0.1) is 0 Å². The van der Waals surface area contributed by atoms with E-state index in [4.69, 9.17) is 4.74 Å². The van der Waals surface area contributed by atoms with Gasteiger partial charge in [0.25, 0.3) is 0 Å². The summed E-state index contributed by atoms with van der Waals surface area (Å²) in [5.41, 5.74) is 1.78. The van der Waals surface area contributed by atoms with Crippen LogP contribution in [0.3, 0.4) is 0 Å². The van der Waals surface area contributed by atoms with Gasteiger partial charge in [-0.3, -0.25) is 0 Å². The second kappa shape index (κ2) is 5.60. The number of thiophene rings is 1. The number of carbonyl (C=O) groups is 1. The molecule has 1 amide bonds. The zero-order valence-electron chi connectivity index (χ0n) is 12.7. The van der Waals surface area contributed by atoms with Crippen molar-refractivity contribution in [2.24, 2.45) is 0 Å². The molecule has 1 aliphatic rings. The van der Waals surface area contributed by atoms with Gasteiger partial charge in [0.1, 0.15) is 5.60 Å². The third kappa shape index (κ3) is 3.23. The lowest BCUT2D eigenvalue weighted by Crippen LogP contribution is -2.36. The van der Waals surface area contributed by atoms with Crippen LogP contribution in [0.15, 0.2) is 18.0 Å². The summed E-state index contributed by atoms with van der Waals surface area (Å²) in [4.78, 5) is 15.4. The minimum absolute atomic E-state index is 0.136. The molecule has 1 fully saturated rings. The third-order valence-corrected chi connectivity index (χ3v) is 4.36. The van der Waals surface area contributed by atoms with E-state index in [-0.39, 0.29) is 12.1 Å². The first kappa shape index (κ1) is 15.1. The Hall–Kier alpha value is -1.29. The third-order valence-electron chi connectivity index (χ3n) is 3.34. The van der Waals surface area contributed by atoms with Crippen molar-refractivity contribution < 1.29 is 9.53 Å². The number of allylic oxidation sites excluding steroid dienone is 1. The van der Waals surface area contributed by atoms with Crippen LogP contribution in [-0.2, 0) is 4.74 Å². The largest absolute Gasteiger partial charge is 0.444 e. The molecule has 1 aromatic rings. The average Bonchev–Trinajstić information content (AvgIpc) is 2.95. The zero-order valence-corrected chi connectivity index (χ0v) is 13.5. The Kier molecular flexibility index (Phi) is 4.23. The first-order valence-corrected chi connectivity index (χ1v) is 7.90. The van der Waals surface area contributed by atoms with Crippen molar-refractivity contribution in [2.75, 3.05) is 6.54 Å². The fraction of sp³-hybridized carbons (Fsp3) is 0.562. The number of likely N-dealkylation sites (tertiary alicyclic amines) is 1. The highest BCUT2D eigenvalue weighted by Gasteiger charge is 2.34. The summed E-state index contributed by atoms with van der Waals surface area (Å²) in [6.45, 7) is 12.5. The summed E-state index contributed by atoms with van der Waals surface area (Å²) in [6.07, 6.45) is 1.82. The summed E-state index contributed by atoms with van der Waals surface area (Å²) in [6, 6.07) is 2.23. The minimum Gasteiger partial charge on any atom is -0.444 e. The molecular weight excluding hydrogens is 270 g/mol. The topological polar surface area (TPSA) is 29.5 Å². The lowest BCUT2D eigenvalue weighted by atomic mass is 10.0. The van der Waals surface area contributed by atoms with E-state index in [1.165, 1.54) is 10.4 Å². The van der Waals surface area contributed by atoms with E-state index >= 15 is 0 Å². The van der Waals surface area contributed by atoms with E-state index in [1.807, 2.05) is 32.6 Å². The maximum absolute atomic E-state index is 12.3. The van der Waals surface area contributed by atoms with Gasteiger partial charge in [-0.1, -0.05) is 6.58 Å². The van der Waals surface area contributed by atoms with Gasteiger partial charge in [0.2, 0.25) is 0 Å². The molecule has 4 heteroatoms. The second-order valence-electron chi connectivity index (χ2n) is 6.31. The van der Waals surface area contributed by atoms with Crippen LogP contribution >= 0.6 is 11.3 Å². The highest BCUT2D eigenvalue weighted by atomic mass is 32.1. The molecule has 110 valence electrons. The summed E-state index contributed by atoms with van der Waals surface area (Å²) >= 11 is 1.70. The van der Waals surface area contributed by atoms with E-state index in [0.29, 0.717) is 0 Å². The maximum Gasteiger partial charge on any atom is 0.410 e. The summed E-state index contributed by atoms with van der Waals surface area (Å²) in [5.74, 6) is 0. The summed E-state index contributed by atoms with van der Waals surface area (Å²) in [7, 11) is 0.